The summed E-state index contributed by atoms with van der Waals surface area (Å²) in [6, 6.07) is 21.9. The van der Waals surface area contributed by atoms with Gasteiger partial charge >= 0.3 is 0 Å². The van der Waals surface area contributed by atoms with Crippen LogP contribution in [-0.4, -0.2) is 42.0 Å². The largest absolute Gasteiger partial charge is 0.491 e. The summed E-state index contributed by atoms with van der Waals surface area (Å²) >= 11 is 0. The van der Waals surface area contributed by atoms with Crippen LogP contribution in [0.2, 0.25) is 0 Å². The van der Waals surface area contributed by atoms with Gasteiger partial charge in [0.25, 0.3) is 0 Å². The Kier molecular flexibility index (Phi) is 8.42. The van der Waals surface area contributed by atoms with Crippen molar-refractivity contribution >= 4 is 11.9 Å². The van der Waals surface area contributed by atoms with Gasteiger partial charge in [-0.15, -0.1) is 0 Å². The summed E-state index contributed by atoms with van der Waals surface area (Å²) in [6.07, 6.45) is 1.72. The Bertz CT molecular complexity index is 1030. The molecule has 1 unspecified atom stereocenters. The molecule has 5 nitrogen and oxygen atoms in total. The molecule has 3 aromatic carbocycles. The van der Waals surface area contributed by atoms with Crippen LogP contribution in [0.3, 0.4) is 0 Å². The molecule has 4 rings (SSSR count). The predicted molar refractivity (Wildman–Crippen MR) is 132 cm³/mol. The van der Waals surface area contributed by atoms with E-state index in [1.807, 2.05) is 56.3 Å². The number of rotatable bonds is 7. The molecule has 0 aromatic heterocycles. The lowest BCUT2D eigenvalue weighted by atomic mass is 10.00. The van der Waals surface area contributed by atoms with Crippen LogP contribution in [0.25, 0.3) is 11.1 Å². The number of aliphatic hydroxyl groups excluding tert-OH is 1. The lowest BCUT2D eigenvalue weighted by Gasteiger charge is -2.30. The van der Waals surface area contributed by atoms with Crippen molar-refractivity contribution in [2.45, 2.75) is 32.9 Å². The minimum atomic E-state index is -0.554. The molecule has 5 heteroatoms. The maximum atomic E-state index is 10.5. The molecule has 1 aliphatic heterocycles. The van der Waals surface area contributed by atoms with Crippen LogP contribution in [0.1, 0.15) is 30.5 Å². The van der Waals surface area contributed by atoms with E-state index in [0.717, 1.165) is 30.6 Å². The number of nitrogens with two attached hydrogens (primary N) is 1. The molecule has 0 amide bonds. The Balaban J connectivity index is 0.00000141. The fourth-order valence-electron chi connectivity index (χ4n) is 3.90. The third-order valence-corrected chi connectivity index (χ3v) is 5.53. The second-order valence-corrected chi connectivity index (χ2v) is 7.73. The number of hydrogen-bond donors (Lipinski definition) is 3. The van der Waals surface area contributed by atoms with Crippen LogP contribution in [-0.2, 0) is 13.0 Å². The van der Waals surface area contributed by atoms with E-state index in [1.165, 1.54) is 17.3 Å². The molecule has 0 saturated heterocycles. The number of anilines is 1. The first-order valence-corrected chi connectivity index (χ1v) is 11.2. The van der Waals surface area contributed by atoms with Crippen LogP contribution >= 0.6 is 0 Å². The normalized spacial score (nSPS) is 14.0. The molecule has 0 saturated carbocycles. The van der Waals surface area contributed by atoms with Crippen molar-refractivity contribution < 1.29 is 9.84 Å². The minimum absolute atomic E-state index is 0.247. The zero-order valence-corrected chi connectivity index (χ0v) is 18.9. The van der Waals surface area contributed by atoms with Gasteiger partial charge in [0.05, 0.1) is 0 Å². The van der Waals surface area contributed by atoms with Gasteiger partial charge in [-0.25, -0.2) is 0 Å². The number of hydrogen-bond acceptors (Lipinski definition) is 5. The molecule has 0 fully saturated rings. The van der Waals surface area contributed by atoms with Crippen molar-refractivity contribution in [1.82, 2.24) is 4.90 Å². The maximum absolute atomic E-state index is 10.5. The maximum Gasteiger partial charge on any atom is 0.120 e. The number of benzene rings is 3. The van der Waals surface area contributed by atoms with Crippen molar-refractivity contribution in [2.24, 2.45) is 0 Å². The molecule has 3 aromatic rings. The quantitative estimate of drug-likeness (QED) is 0.372. The molecule has 0 bridgehead atoms. The smallest absolute Gasteiger partial charge is 0.120 e. The second kappa shape index (κ2) is 11.5. The minimum Gasteiger partial charge on any atom is -0.491 e. The third-order valence-electron chi connectivity index (χ3n) is 5.53. The summed E-state index contributed by atoms with van der Waals surface area (Å²) < 4.78 is 5.87. The highest BCUT2D eigenvalue weighted by molar-refractivity contribution is 5.87. The number of nitrogen functional groups attached to an aromatic ring is 1. The summed E-state index contributed by atoms with van der Waals surface area (Å²) in [5.41, 5.74) is 12.0. The van der Waals surface area contributed by atoms with Gasteiger partial charge in [0.15, 0.2) is 0 Å². The second-order valence-electron chi connectivity index (χ2n) is 7.73. The Labute approximate surface area is 191 Å². The fourth-order valence-corrected chi connectivity index (χ4v) is 3.90. The Morgan fingerprint density at radius 3 is 2.53 bits per heavy atom. The molecule has 1 heterocycles. The zero-order valence-electron chi connectivity index (χ0n) is 18.9. The summed E-state index contributed by atoms with van der Waals surface area (Å²) in [5, 5.41) is 17.9. The third kappa shape index (κ3) is 5.96. The highest BCUT2D eigenvalue weighted by atomic mass is 16.5. The molecule has 0 aliphatic carbocycles. The van der Waals surface area contributed by atoms with Crippen LogP contribution in [0.15, 0.2) is 66.7 Å². The number of aliphatic hydroxyl groups is 1. The molecule has 0 radical (unpaired) electrons. The molecule has 32 heavy (non-hydrogen) atoms. The van der Waals surface area contributed by atoms with E-state index in [0.29, 0.717) is 23.5 Å². The first-order chi connectivity index (χ1) is 15.6. The van der Waals surface area contributed by atoms with Crippen molar-refractivity contribution in [3.05, 3.63) is 83.4 Å². The van der Waals surface area contributed by atoms with Crippen LogP contribution < -0.4 is 10.5 Å². The molecular weight excluding hydrogens is 398 g/mol. The highest BCUT2D eigenvalue weighted by Crippen LogP contribution is 2.27. The van der Waals surface area contributed by atoms with E-state index in [9.17, 15) is 5.11 Å². The van der Waals surface area contributed by atoms with Gasteiger partial charge in [-0.1, -0.05) is 62.4 Å². The number of fused-ring (bicyclic) bond motifs is 1. The van der Waals surface area contributed by atoms with Gasteiger partial charge in [-0.3, -0.25) is 4.90 Å². The monoisotopic (exact) mass is 431 g/mol. The molecule has 1 aliphatic rings. The fraction of sp³-hybridized carbons (Fsp3) is 0.296. The van der Waals surface area contributed by atoms with Crippen molar-refractivity contribution in [2.75, 3.05) is 25.4 Å². The van der Waals surface area contributed by atoms with Gasteiger partial charge in [-0.2, -0.15) is 0 Å². The van der Waals surface area contributed by atoms with Crippen molar-refractivity contribution in [3.63, 3.8) is 0 Å². The summed E-state index contributed by atoms with van der Waals surface area (Å²) in [4.78, 5) is 2.28. The van der Waals surface area contributed by atoms with Gasteiger partial charge in [0.1, 0.15) is 18.5 Å². The Hall–Kier alpha value is -3.15. The first kappa shape index (κ1) is 23.5. The highest BCUT2D eigenvalue weighted by Gasteiger charge is 2.18. The SMILES string of the molecule is CC.N=Cc1ccc(-c2cccc(OCC(O)CN3CCc4ccccc4C3)c2)cc1N. The van der Waals surface area contributed by atoms with E-state index < -0.39 is 6.10 Å². The zero-order chi connectivity index (χ0) is 22.9. The first-order valence-electron chi connectivity index (χ1n) is 11.2. The van der Waals surface area contributed by atoms with Gasteiger partial charge in [-0.05, 0) is 46.9 Å². The van der Waals surface area contributed by atoms with Crippen LogP contribution in [0.4, 0.5) is 5.69 Å². The summed E-state index contributed by atoms with van der Waals surface area (Å²) in [5.74, 6) is 0.713. The van der Waals surface area contributed by atoms with Crippen molar-refractivity contribution in [3.8, 4) is 16.9 Å². The molecular formula is C27H33N3O2. The number of nitrogens with one attached hydrogen (secondary N) is 1. The van der Waals surface area contributed by atoms with Gasteiger partial charge < -0.3 is 21.0 Å². The molecule has 168 valence electrons. The Morgan fingerprint density at radius 2 is 1.78 bits per heavy atom. The summed E-state index contributed by atoms with van der Waals surface area (Å²) in [6.45, 7) is 6.67. The number of nitrogens with zero attached hydrogens (tertiary/aromatic N) is 1. The van der Waals surface area contributed by atoms with E-state index in [1.54, 1.807) is 0 Å². The topological polar surface area (TPSA) is 82.6 Å². The van der Waals surface area contributed by atoms with Gasteiger partial charge in [0, 0.05) is 37.1 Å². The summed E-state index contributed by atoms with van der Waals surface area (Å²) in [7, 11) is 0. The standard InChI is InChI=1S/C25H27N3O2.C2H6/c26-14-21-9-8-20(13-25(21)27)19-6-3-7-24(12-19)30-17-23(29)16-28-11-10-18-4-1-2-5-22(18)15-28;1-2/h1-9,12-14,23,26,29H,10-11,15-17,27H2;1-2H3. The molecule has 4 N–H and O–H groups in total. The lowest BCUT2D eigenvalue weighted by molar-refractivity contribution is 0.0638. The predicted octanol–water partition coefficient (Wildman–Crippen LogP) is 4.76. The van der Waals surface area contributed by atoms with E-state index in [-0.39, 0.29) is 6.61 Å². The molecule has 0 spiro atoms. The van der Waals surface area contributed by atoms with E-state index in [4.69, 9.17) is 15.9 Å². The lowest BCUT2D eigenvalue weighted by Crippen LogP contribution is -2.38. The number of β-amino-alcohol motifs (C(OH)–C–C–N with tert-alkyl or cyclic N) is 1. The Morgan fingerprint density at radius 1 is 1.03 bits per heavy atom. The van der Waals surface area contributed by atoms with Gasteiger partial charge in [0.2, 0.25) is 0 Å². The van der Waals surface area contributed by atoms with Crippen LogP contribution in [0.5, 0.6) is 5.75 Å². The van der Waals surface area contributed by atoms with Crippen molar-refractivity contribution in [1.29, 1.82) is 5.41 Å². The average Bonchev–Trinajstić information content (AvgIpc) is 2.84. The van der Waals surface area contributed by atoms with Crippen LogP contribution in [0, 0.1) is 5.41 Å². The molecule has 1 atom stereocenters. The average molecular weight is 432 g/mol. The van der Waals surface area contributed by atoms with E-state index in [2.05, 4.69) is 29.2 Å². The number of ether oxygens (including phenoxy) is 1. The van der Waals surface area contributed by atoms with E-state index >= 15 is 0 Å².